The summed E-state index contributed by atoms with van der Waals surface area (Å²) in [7, 11) is 1.71. The van der Waals surface area contributed by atoms with Crippen LogP contribution in [0.5, 0.6) is 0 Å². The molecule has 0 unspecified atom stereocenters. The first-order chi connectivity index (χ1) is 19.1. The van der Waals surface area contributed by atoms with Gasteiger partial charge in [0.2, 0.25) is 0 Å². The second-order valence-electron chi connectivity index (χ2n) is 10.3. The van der Waals surface area contributed by atoms with E-state index in [-0.39, 0.29) is 24.1 Å². The second kappa shape index (κ2) is 13.1. The van der Waals surface area contributed by atoms with Gasteiger partial charge < -0.3 is 20.1 Å². The molecule has 2 aliphatic heterocycles. The Labute approximate surface area is 235 Å². The van der Waals surface area contributed by atoms with Gasteiger partial charge in [0.15, 0.2) is 11.6 Å². The maximum absolute atomic E-state index is 13.0. The van der Waals surface area contributed by atoms with Gasteiger partial charge in [0.25, 0.3) is 0 Å². The number of carbonyl (C=O) groups excluding carboxylic acids is 2. The molecule has 0 atom stereocenters. The number of para-hydroxylation sites is 1. The first kappa shape index (κ1) is 27.9. The Morgan fingerprint density at radius 3 is 2.36 bits per heavy atom. The van der Waals surface area contributed by atoms with Gasteiger partial charge >= 0.3 is 0 Å². The van der Waals surface area contributed by atoms with Gasteiger partial charge in [0.1, 0.15) is 0 Å². The van der Waals surface area contributed by atoms with E-state index in [0.29, 0.717) is 31.6 Å². The van der Waals surface area contributed by atoms with Crippen molar-refractivity contribution in [2.75, 3.05) is 77.6 Å². The molecule has 9 heteroatoms. The molecule has 0 spiro atoms. The maximum Gasteiger partial charge on any atom is 0.168 e. The number of rotatable bonds is 10. The maximum atomic E-state index is 13.0. The molecule has 8 nitrogen and oxygen atoms in total. The number of nitrogens with zero attached hydrogens (tertiary/aromatic N) is 3. The largest absolute Gasteiger partial charge is 0.395 e. The number of methoxy groups -OCH3 is 1. The number of anilines is 2. The Bertz CT molecular complexity index is 1190. The van der Waals surface area contributed by atoms with E-state index in [4.69, 9.17) is 9.84 Å². The molecule has 0 amide bonds. The third-order valence-electron chi connectivity index (χ3n) is 7.81. The molecule has 2 aromatic rings. The van der Waals surface area contributed by atoms with Crippen molar-refractivity contribution in [3.8, 4) is 0 Å². The molecule has 0 bridgehead atoms. The molecular weight excluding hydrogens is 512 g/mol. The van der Waals surface area contributed by atoms with Crippen LogP contribution in [-0.4, -0.2) is 99.2 Å². The Hall–Kier alpha value is -2.69. The molecule has 3 aliphatic rings. The van der Waals surface area contributed by atoms with Crippen LogP contribution >= 0.6 is 11.8 Å². The quantitative estimate of drug-likeness (QED) is 0.263. The van der Waals surface area contributed by atoms with Crippen molar-refractivity contribution in [3.63, 3.8) is 0 Å². The highest BCUT2D eigenvalue weighted by molar-refractivity contribution is 7.99. The highest BCUT2D eigenvalue weighted by atomic mass is 32.2. The number of nitrogens with one attached hydrogen (secondary N) is 1. The lowest BCUT2D eigenvalue weighted by molar-refractivity contribution is -0.124. The smallest absolute Gasteiger partial charge is 0.168 e. The van der Waals surface area contributed by atoms with E-state index in [1.54, 1.807) is 25.1 Å². The standard InChI is InChI=1S/C30H38N4O4S/c1-38-17-15-34-25-4-2-3-5-29(25)39-30-20-22(6-7-26(30)34)23-18-27(36)24(28(37)19-23)21-31-8-9-32-10-12-33(13-11-32)14-16-35/h2-7,20-21,23,31,35H,8-19H2,1H3. The number of fused-ring (bicyclic) bond motifs is 2. The molecule has 39 heavy (non-hydrogen) atoms. The zero-order valence-corrected chi connectivity index (χ0v) is 23.4. The van der Waals surface area contributed by atoms with Crippen LogP contribution in [-0.2, 0) is 14.3 Å². The van der Waals surface area contributed by atoms with E-state index < -0.39 is 0 Å². The van der Waals surface area contributed by atoms with Crippen molar-refractivity contribution >= 4 is 34.7 Å². The van der Waals surface area contributed by atoms with Gasteiger partial charge in [0, 0.05) is 88.3 Å². The van der Waals surface area contributed by atoms with Crippen LogP contribution in [0.15, 0.2) is 64.0 Å². The van der Waals surface area contributed by atoms with Crippen LogP contribution in [0.4, 0.5) is 11.4 Å². The lowest BCUT2D eigenvalue weighted by Gasteiger charge is -2.34. The lowest BCUT2D eigenvalue weighted by Crippen LogP contribution is -2.48. The predicted molar refractivity (Wildman–Crippen MR) is 154 cm³/mol. The summed E-state index contributed by atoms with van der Waals surface area (Å²) in [6.45, 7) is 7.70. The monoisotopic (exact) mass is 550 g/mol. The number of aliphatic hydroxyl groups excluding tert-OH is 1. The summed E-state index contributed by atoms with van der Waals surface area (Å²) < 4.78 is 5.36. The Morgan fingerprint density at radius 1 is 0.949 bits per heavy atom. The molecule has 0 aromatic heterocycles. The summed E-state index contributed by atoms with van der Waals surface area (Å²) in [5.74, 6) is -0.273. The number of ether oxygens (including phenoxy) is 1. The van der Waals surface area contributed by atoms with Crippen LogP contribution in [0, 0.1) is 0 Å². The van der Waals surface area contributed by atoms with Crippen LogP contribution < -0.4 is 10.2 Å². The number of β-amino-alcohol motifs (C(OH)–C–C–N with tert-alkyl or cyclic N) is 1. The fourth-order valence-electron chi connectivity index (χ4n) is 5.59. The first-order valence-corrected chi connectivity index (χ1v) is 14.6. The molecular formula is C30H38N4O4S. The summed E-state index contributed by atoms with van der Waals surface area (Å²) in [6.07, 6.45) is 2.33. The van der Waals surface area contributed by atoms with E-state index in [2.05, 4.69) is 62.5 Å². The van der Waals surface area contributed by atoms with Gasteiger partial charge in [-0.25, -0.2) is 0 Å². The molecule has 1 saturated carbocycles. The lowest BCUT2D eigenvalue weighted by atomic mass is 9.80. The average molecular weight is 551 g/mol. The van der Waals surface area contributed by atoms with Crippen molar-refractivity contribution in [2.45, 2.75) is 28.6 Å². The molecule has 2 aromatic carbocycles. The Balaban J connectivity index is 1.19. The van der Waals surface area contributed by atoms with Crippen LogP contribution in [0.2, 0.25) is 0 Å². The fraction of sp³-hybridized carbons (Fsp3) is 0.467. The topological polar surface area (TPSA) is 85.3 Å². The van der Waals surface area contributed by atoms with Crippen molar-refractivity contribution < 1.29 is 19.4 Å². The van der Waals surface area contributed by atoms with Crippen molar-refractivity contribution in [3.05, 3.63) is 59.8 Å². The SMILES string of the molecule is COCCN1c2ccccc2Sc2cc(C3CC(=O)C(=CNCCN4CCN(CCO)CC4)C(=O)C3)ccc21. The van der Waals surface area contributed by atoms with E-state index in [1.165, 1.54) is 10.6 Å². The predicted octanol–water partition coefficient (Wildman–Crippen LogP) is 3.03. The number of hydrogen-bond donors (Lipinski definition) is 2. The van der Waals surface area contributed by atoms with E-state index >= 15 is 0 Å². The number of piperazine rings is 1. The van der Waals surface area contributed by atoms with Crippen LogP contribution in [0.3, 0.4) is 0 Å². The minimum absolute atomic E-state index is 0.0844. The zero-order chi connectivity index (χ0) is 27.2. The minimum Gasteiger partial charge on any atom is -0.395 e. The highest BCUT2D eigenvalue weighted by Crippen LogP contribution is 2.49. The third kappa shape index (κ3) is 6.56. The van der Waals surface area contributed by atoms with Gasteiger partial charge in [0.05, 0.1) is 30.2 Å². The average Bonchev–Trinajstić information content (AvgIpc) is 2.95. The molecule has 2 N–H and O–H groups in total. The summed E-state index contributed by atoms with van der Waals surface area (Å²) in [5, 5.41) is 12.3. The minimum atomic E-state index is -0.104. The molecule has 2 fully saturated rings. The molecule has 1 aliphatic carbocycles. The number of allylic oxidation sites excluding steroid dienone is 1. The molecule has 5 rings (SSSR count). The van der Waals surface area contributed by atoms with E-state index in [9.17, 15) is 9.59 Å². The number of carbonyl (C=O) groups is 2. The molecule has 0 radical (unpaired) electrons. The summed E-state index contributed by atoms with van der Waals surface area (Å²) in [6, 6.07) is 14.7. The van der Waals surface area contributed by atoms with Gasteiger partial charge in [-0.1, -0.05) is 30.0 Å². The second-order valence-corrected chi connectivity index (χ2v) is 11.4. The third-order valence-corrected chi connectivity index (χ3v) is 8.92. The first-order valence-electron chi connectivity index (χ1n) is 13.8. The number of ketones is 2. The highest BCUT2D eigenvalue weighted by Gasteiger charge is 2.32. The van der Waals surface area contributed by atoms with Gasteiger partial charge in [-0.15, -0.1) is 0 Å². The Kier molecular flexibility index (Phi) is 9.36. The van der Waals surface area contributed by atoms with Crippen molar-refractivity contribution in [2.24, 2.45) is 0 Å². The number of hydrogen-bond acceptors (Lipinski definition) is 9. The van der Waals surface area contributed by atoms with E-state index in [1.807, 2.05) is 0 Å². The number of Topliss-reactive ketones (excluding diaryl/α,β-unsaturated/α-hetero) is 2. The molecule has 208 valence electrons. The van der Waals surface area contributed by atoms with Crippen LogP contribution in [0.1, 0.15) is 24.3 Å². The normalized spacial score (nSPS) is 20.1. The number of aliphatic hydroxyl groups is 1. The summed E-state index contributed by atoms with van der Waals surface area (Å²) in [5.41, 5.74) is 3.65. The zero-order valence-electron chi connectivity index (χ0n) is 22.6. The summed E-state index contributed by atoms with van der Waals surface area (Å²) in [4.78, 5) is 35.3. The molecule has 2 heterocycles. The van der Waals surface area contributed by atoms with Crippen molar-refractivity contribution in [1.29, 1.82) is 0 Å². The van der Waals surface area contributed by atoms with Gasteiger partial charge in [-0.05, 0) is 35.7 Å². The summed E-state index contributed by atoms with van der Waals surface area (Å²) >= 11 is 1.74. The van der Waals surface area contributed by atoms with Crippen molar-refractivity contribution in [1.82, 2.24) is 15.1 Å². The van der Waals surface area contributed by atoms with Crippen LogP contribution in [0.25, 0.3) is 0 Å². The van der Waals surface area contributed by atoms with Gasteiger partial charge in [-0.2, -0.15) is 0 Å². The van der Waals surface area contributed by atoms with Gasteiger partial charge in [-0.3, -0.25) is 19.4 Å². The van der Waals surface area contributed by atoms with E-state index in [0.717, 1.165) is 62.0 Å². The molecule has 1 saturated heterocycles. The number of benzene rings is 2. The Morgan fingerprint density at radius 2 is 1.64 bits per heavy atom. The fourth-order valence-corrected chi connectivity index (χ4v) is 6.74.